The first-order valence-electron chi connectivity index (χ1n) is 9.55. The Morgan fingerprint density at radius 1 is 1.21 bits per heavy atom. The van der Waals surface area contributed by atoms with Gasteiger partial charge < -0.3 is 24.8 Å². The lowest BCUT2D eigenvalue weighted by molar-refractivity contribution is -0.139. The molecule has 0 spiro atoms. The SMILES string of the molecule is CCCCCCCOC(=O)C1=C(C)NC(=O)N[C@H]1c1cc2c(cc1Br)OCO2. The van der Waals surface area contributed by atoms with Crippen LogP contribution in [-0.2, 0) is 9.53 Å². The minimum absolute atomic E-state index is 0.144. The van der Waals surface area contributed by atoms with Gasteiger partial charge in [-0.15, -0.1) is 0 Å². The van der Waals surface area contributed by atoms with E-state index >= 15 is 0 Å². The fraction of sp³-hybridized carbons (Fsp3) is 0.500. The molecule has 0 aliphatic carbocycles. The highest BCUT2D eigenvalue weighted by Crippen LogP contribution is 2.41. The van der Waals surface area contributed by atoms with Crippen molar-refractivity contribution in [2.24, 2.45) is 0 Å². The van der Waals surface area contributed by atoms with E-state index in [1.165, 1.54) is 12.8 Å². The molecule has 1 atom stereocenters. The van der Waals surface area contributed by atoms with Crippen LogP contribution in [0.1, 0.15) is 57.6 Å². The summed E-state index contributed by atoms with van der Waals surface area (Å²) in [7, 11) is 0. The Bertz CT molecular complexity index is 793. The second-order valence-corrected chi connectivity index (χ2v) is 7.70. The molecule has 2 aliphatic heterocycles. The molecule has 7 nitrogen and oxygen atoms in total. The molecule has 1 aromatic carbocycles. The summed E-state index contributed by atoms with van der Waals surface area (Å²) >= 11 is 3.51. The van der Waals surface area contributed by atoms with E-state index in [0.717, 1.165) is 19.3 Å². The Labute approximate surface area is 172 Å². The Morgan fingerprint density at radius 3 is 2.68 bits per heavy atom. The smallest absolute Gasteiger partial charge is 0.338 e. The molecule has 0 aromatic heterocycles. The van der Waals surface area contributed by atoms with E-state index in [1.54, 1.807) is 19.1 Å². The van der Waals surface area contributed by atoms with Crippen molar-refractivity contribution in [2.75, 3.05) is 13.4 Å². The Kier molecular flexibility index (Phi) is 6.83. The third kappa shape index (κ3) is 4.60. The van der Waals surface area contributed by atoms with E-state index < -0.39 is 12.0 Å². The van der Waals surface area contributed by atoms with Gasteiger partial charge in [0.25, 0.3) is 0 Å². The van der Waals surface area contributed by atoms with Crippen molar-refractivity contribution in [3.63, 3.8) is 0 Å². The van der Waals surface area contributed by atoms with Crippen LogP contribution in [0.2, 0.25) is 0 Å². The van der Waals surface area contributed by atoms with Crippen molar-refractivity contribution in [3.8, 4) is 11.5 Å². The molecule has 3 rings (SSSR count). The molecule has 1 aromatic rings. The Balaban J connectivity index is 1.77. The van der Waals surface area contributed by atoms with Gasteiger partial charge in [0.2, 0.25) is 6.79 Å². The van der Waals surface area contributed by atoms with E-state index in [1.807, 2.05) is 0 Å². The summed E-state index contributed by atoms with van der Waals surface area (Å²) in [5.41, 5.74) is 1.57. The topological polar surface area (TPSA) is 85.9 Å². The maximum absolute atomic E-state index is 12.8. The molecule has 0 saturated heterocycles. The lowest BCUT2D eigenvalue weighted by Crippen LogP contribution is -2.45. The quantitative estimate of drug-likeness (QED) is 0.453. The maximum Gasteiger partial charge on any atom is 0.338 e. The van der Waals surface area contributed by atoms with Gasteiger partial charge in [-0.2, -0.15) is 0 Å². The van der Waals surface area contributed by atoms with Crippen molar-refractivity contribution in [1.82, 2.24) is 10.6 Å². The van der Waals surface area contributed by atoms with Gasteiger partial charge >= 0.3 is 12.0 Å². The van der Waals surface area contributed by atoms with Gasteiger partial charge in [0.1, 0.15) is 0 Å². The minimum atomic E-state index is -0.648. The van der Waals surface area contributed by atoms with E-state index in [-0.39, 0.29) is 12.8 Å². The van der Waals surface area contributed by atoms with E-state index in [2.05, 4.69) is 33.5 Å². The molecule has 0 unspecified atom stereocenters. The third-order valence-corrected chi connectivity index (χ3v) is 5.46. The van der Waals surface area contributed by atoms with Crippen molar-refractivity contribution in [1.29, 1.82) is 0 Å². The van der Waals surface area contributed by atoms with Crippen molar-refractivity contribution >= 4 is 27.9 Å². The maximum atomic E-state index is 12.8. The second kappa shape index (κ2) is 9.32. The van der Waals surface area contributed by atoms with Gasteiger partial charge in [0.05, 0.1) is 18.2 Å². The monoisotopic (exact) mass is 452 g/mol. The lowest BCUT2D eigenvalue weighted by atomic mass is 9.95. The number of carbonyl (C=O) groups is 2. The second-order valence-electron chi connectivity index (χ2n) is 6.85. The Hall–Kier alpha value is -2.22. The highest BCUT2D eigenvalue weighted by Gasteiger charge is 2.34. The Morgan fingerprint density at radius 2 is 1.93 bits per heavy atom. The molecule has 2 aliphatic rings. The number of hydrogen-bond donors (Lipinski definition) is 2. The molecule has 2 amide bonds. The average Bonchev–Trinajstić information content (AvgIpc) is 3.10. The van der Waals surface area contributed by atoms with Gasteiger partial charge in [-0.3, -0.25) is 0 Å². The summed E-state index contributed by atoms with van der Waals surface area (Å²) in [6.07, 6.45) is 5.36. The molecule has 152 valence electrons. The first-order valence-corrected chi connectivity index (χ1v) is 10.3. The zero-order chi connectivity index (χ0) is 20.1. The molecule has 0 bridgehead atoms. The van der Waals surface area contributed by atoms with Crippen LogP contribution in [0, 0.1) is 0 Å². The van der Waals surface area contributed by atoms with Crippen LogP contribution in [0.3, 0.4) is 0 Å². The van der Waals surface area contributed by atoms with Crippen LogP contribution in [0.15, 0.2) is 27.9 Å². The fourth-order valence-corrected chi connectivity index (χ4v) is 3.85. The van der Waals surface area contributed by atoms with Gasteiger partial charge in [0.15, 0.2) is 11.5 Å². The molecule has 8 heteroatoms. The molecular weight excluding hydrogens is 428 g/mol. The molecule has 28 heavy (non-hydrogen) atoms. The molecule has 0 radical (unpaired) electrons. The molecule has 0 fully saturated rings. The summed E-state index contributed by atoms with van der Waals surface area (Å²) in [4.78, 5) is 24.8. The zero-order valence-corrected chi connectivity index (χ0v) is 17.7. The lowest BCUT2D eigenvalue weighted by Gasteiger charge is -2.29. The number of ether oxygens (including phenoxy) is 3. The van der Waals surface area contributed by atoms with Crippen LogP contribution < -0.4 is 20.1 Å². The number of hydrogen-bond acceptors (Lipinski definition) is 5. The normalized spacial score (nSPS) is 18.0. The van der Waals surface area contributed by atoms with Gasteiger partial charge in [-0.05, 0) is 31.0 Å². The van der Waals surface area contributed by atoms with Crippen molar-refractivity contribution in [3.05, 3.63) is 33.4 Å². The van der Waals surface area contributed by atoms with Gasteiger partial charge in [-0.1, -0.05) is 48.5 Å². The summed E-state index contributed by atoms with van der Waals surface area (Å²) in [5.74, 6) is 0.759. The first-order chi connectivity index (χ1) is 13.5. The number of amides is 2. The van der Waals surface area contributed by atoms with Gasteiger partial charge in [-0.25, -0.2) is 9.59 Å². The number of nitrogens with one attached hydrogen (secondary N) is 2. The van der Waals surface area contributed by atoms with Gasteiger partial charge in [0, 0.05) is 10.2 Å². The van der Waals surface area contributed by atoms with Crippen molar-refractivity contribution < 1.29 is 23.8 Å². The summed E-state index contributed by atoms with van der Waals surface area (Å²) in [5, 5.41) is 5.47. The number of carbonyl (C=O) groups excluding carboxylic acids is 2. The molecule has 0 saturated carbocycles. The predicted molar refractivity (Wildman–Crippen MR) is 107 cm³/mol. The summed E-state index contributed by atoms with van der Waals surface area (Å²) < 4.78 is 17.0. The van der Waals surface area contributed by atoms with E-state index in [0.29, 0.717) is 39.4 Å². The molecule has 2 heterocycles. The molecule has 2 N–H and O–H groups in total. The van der Waals surface area contributed by atoms with Crippen LogP contribution in [0.25, 0.3) is 0 Å². The average molecular weight is 453 g/mol. The number of benzene rings is 1. The number of rotatable bonds is 8. The number of unbranched alkanes of at least 4 members (excludes halogenated alkanes) is 4. The number of halogens is 1. The number of allylic oxidation sites excluding steroid dienone is 1. The van der Waals surface area contributed by atoms with Crippen LogP contribution in [-0.4, -0.2) is 25.4 Å². The number of esters is 1. The van der Waals surface area contributed by atoms with Crippen molar-refractivity contribution in [2.45, 2.75) is 52.0 Å². The molecular formula is C20H25BrN2O5. The van der Waals surface area contributed by atoms with E-state index in [9.17, 15) is 9.59 Å². The fourth-order valence-electron chi connectivity index (χ4n) is 3.30. The first kappa shape index (κ1) is 20.5. The van der Waals surface area contributed by atoms with Crippen LogP contribution in [0.5, 0.6) is 11.5 Å². The zero-order valence-electron chi connectivity index (χ0n) is 16.1. The standard InChI is InChI=1S/C20H25BrN2O5/c1-3-4-5-6-7-8-26-19(24)17-12(2)22-20(25)23-18(17)13-9-15-16(10-14(13)21)28-11-27-15/h9-10,18H,3-8,11H2,1-2H3,(H2,22,23,25)/t18-/m0/s1. The highest BCUT2D eigenvalue weighted by molar-refractivity contribution is 9.10. The van der Waals surface area contributed by atoms with E-state index in [4.69, 9.17) is 14.2 Å². The highest BCUT2D eigenvalue weighted by atomic mass is 79.9. The summed E-state index contributed by atoms with van der Waals surface area (Å²) in [6, 6.07) is 2.53. The van der Waals surface area contributed by atoms with Crippen LogP contribution >= 0.6 is 15.9 Å². The summed E-state index contributed by atoms with van der Waals surface area (Å²) in [6.45, 7) is 4.37. The number of fused-ring (bicyclic) bond motifs is 1. The predicted octanol–water partition coefficient (Wildman–Crippen LogP) is 4.32. The minimum Gasteiger partial charge on any atom is -0.462 e. The third-order valence-electron chi connectivity index (χ3n) is 4.77. The number of urea groups is 1. The van der Waals surface area contributed by atoms with Crippen LogP contribution in [0.4, 0.5) is 4.79 Å². The largest absolute Gasteiger partial charge is 0.462 e.